The van der Waals surface area contributed by atoms with Gasteiger partial charge in [-0.1, -0.05) is 6.07 Å². The second-order valence-corrected chi connectivity index (χ2v) is 7.89. The molecule has 4 rings (SSSR count). The van der Waals surface area contributed by atoms with Crippen LogP contribution in [0.4, 0.5) is 20.7 Å². The van der Waals surface area contributed by atoms with E-state index in [0.29, 0.717) is 31.9 Å². The summed E-state index contributed by atoms with van der Waals surface area (Å²) in [4.78, 5) is 34.5. The van der Waals surface area contributed by atoms with Crippen LogP contribution in [0.5, 0.6) is 0 Å². The molecule has 30 heavy (non-hydrogen) atoms. The monoisotopic (exact) mass is 412 g/mol. The van der Waals surface area contributed by atoms with E-state index in [0.717, 1.165) is 16.9 Å². The number of piperazine rings is 1. The van der Waals surface area contributed by atoms with Crippen LogP contribution >= 0.6 is 0 Å². The predicted molar refractivity (Wildman–Crippen MR) is 112 cm³/mol. The lowest BCUT2D eigenvalue weighted by atomic mass is 10.1. The van der Waals surface area contributed by atoms with Crippen molar-refractivity contribution in [1.29, 1.82) is 0 Å². The molecule has 2 saturated heterocycles. The van der Waals surface area contributed by atoms with Crippen molar-refractivity contribution in [3.63, 3.8) is 0 Å². The minimum Gasteiger partial charge on any atom is -0.447 e. The third kappa shape index (κ3) is 3.69. The van der Waals surface area contributed by atoms with E-state index >= 15 is 0 Å². The second kappa shape index (κ2) is 7.93. The van der Waals surface area contributed by atoms with Gasteiger partial charge in [0.1, 0.15) is 18.2 Å². The Kier molecular flexibility index (Phi) is 5.32. The van der Waals surface area contributed by atoms with Gasteiger partial charge in [0, 0.05) is 32.4 Å². The highest BCUT2D eigenvalue weighted by molar-refractivity contribution is 5.96. The Hall–Kier alpha value is -3.16. The number of rotatable bonds is 3. The van der Waals surface area contributed by atoms with Gasteiger partial charge < -0.3 is 14.5 Å². The lowest BCUT2D eigenvalue weighted by Gasteiger charge is -2.36. The van der Waals surface area contributed by atoms with E-state index in [2.05, 4.69) is 16.0 Å². The number of hydrogen-bond acceptors (Lipinski definition) is 5. The molecule has 2 amide bonds. The smallest absolute Gasteiger partial charge is 0.414 e. The van der Waals surface area contributed by atoms with E-state index in [9.17, 15) is 14.0 Å². The van der Waals surface area contributed by atoms with Crippen LogP contribution in [0.25, 0.3) is 0 Å². The van der Waals surface area contributed by atoms with Gasteiger partial charge in [0.15, 0.2) is 0 Å². The van der Waals surface area contributed by atoms with Crippen LogP contribution in [0.15, 0.2) is 30.5 Å². The van der Waals surface area contributed by atoms with Crippen molar-refractivity contribution in [3.8, 4) is 0 Å². The summed E-state index contributed by atoms with van der Waals surface area (Å²) in [6.07, 6.45) is 1.34. The molecule has 1 aromatic heterocycles. The third-order valence-electron chi connectivity index (χ3n) is 5.60. The molecule has 0 N–H and O–H groups in total. The molecule has 0 radical (unpaired) electrons. The minimum atomic E-state index is -0.636. The van der Waals surface area contributed by atoms with Crippen LogP contribution in [0, 0.1) is 19.7 Å². The van der Waals surface area contributed by atoms with E-state index in [-0.39, 0.29) is 24.1 Å². The molecule has 1 atom stereocenters. The van der Waals surface area contributed by atoms with E-state index in [1.54, 1.807) is 11.0 Å². The van der Waals surface area contributed by atoms with Gasteiger partial charge in [0.25, 0.3) is 5.91 Å². The number of hydrogen-bond donors (Lipinski definition) is 0. The van der Waals surface area contributed by atoms with Crippen molar-refractivity contribution in [2.24, 2.45) is 0 Å². The highest BCUT2D eigenvalue weighted by Crippen LogP contribution is 2.26. The Morgan fingerprint density at radius 2 is 1.90 bits per heavy atom. The average Bonchev–Trinajstić information content (AvgIpc) is 3.06. The molecule has 158 valence electrons. The molecule has 2 fully saturated rings. The normalized spacial score (nSPS) is 19.3. The number of benzene rings is 1. The summed E-state index contributed by atoms with van der Waals surface area (Å²) in [5.74, 6) is -0.0536. The molecule has 2 aliphatic heterocycles. The maximum absolute atomic E-state index is 14.7. The number of aromatic nitrogens is 1. The van der Waals surface area contributed by atoms with Crippen LogP contribution in [-0.2, 0) is 4.74 Å². The van der Waals surface area contributed by atoms with Gasteiger partial charge in [-0.25, -0.2) is 14.2 Å². The maximum Gasteiger partial charge on any atom is 0.414 e. The van der Waals surface area contributed by atoms with Gasteiger partial charge in [-0.3, -0.25) is 9.69 Å². The summed E-state index contributed by atoms with van der Waals surface area (Å²) in [6, 6.07) is 6.18. The Balaban J connectivity index is 1.45. The maximum atomic E-state index is 14.7. The van der Waals surface area contributed by atoms with Crippen molar-refractivity contribution >= 4 is 23.5 Å². The minimum absolute atomic E-state index is 0.0112. The summed E-state index contributed by atoms with van der Waals surface area (Å²) >= 11 is 0. The first-order valence-corrected chi connectivity index (χ1v) is 10.1. The van der Waals surface area contributed by atoms with Gasteiger partial charge in [-0.05, 0) is 50.1 Å². The van der Waals surface area contributed by atoms with Crippen LogP contribution in [-0.4, -0.2) is 60.7 Å². The summed E-state index contributed by atoms with van der Waals surface area (Å²) in [6.45, 7) is 8.38. The lowest BCUT2D eigenvalue weighted by molar-refractivity contribution is 0.0742. The van der Waals surface area contributed by atoms with Crippen LogP contribution in [0.3, 0.4) is 0 Å². The molecule has 0 aliphatic carbocycles. The molecule has 0 unspecified atom stereocenters. The number of pyridine rings is 1. The van der Waals surface area contributed by atoms with Crippen LogP contribution in [0.1, 0.15) is 28.4 Å². The van der Waals surface area contributed by atoms with Gasteiger partial charge in [0.05, 0.1) is 17.3 Å². The third-order valence-corrected chi connectivity index (χ3v) is 5.60. The number of carbonyl (C=O) groups excluding carboxylic acids is 2. The first-order valence-electron chi connectivity index (χ1n) is 10.1. The van der Waals surface area contributed by atoms with Gasteiger partial charge >= 0.3 is 6.09 Å². The fourth-order valence-electron chi connectivity index (χ4n) is 4.03. The zero-order chi connectivity index (χ0) is 21.4. The number of amides is 2. The number of nitrogens with zero attached hydrogens (tertiary/aromatic N) is 4. The highest BCUT2D eigenvalue weighted by atomic mass is 19.1. The fourth-order valence-corrected chi connectivity index (χ4v) is 4.03. The summed E-state index contributed by atoms with van der Waals surface area (Å²) in [5, 5.41) is 0. The van der Waals surface area contributed by atoms with Crippen molar-refractivity contribution in [2.45, 2.75) is 26.8 Å². The number of carbonyl (C=O) groups is 2. The predicted octanol–water partition coefficient (Wildman–Crippen LogP) is 3.15. The number of anilines is 2. The number of ether oxygens (including phenoxy) is 1. The zero-order valence-electron chi connectivity index (χ0n) is 17.4. The molecule has 0 spiro atoms. The quantitative estimate of drug-likeness (QED) is 0.775. The molecule has 1 aromatic carbocycles. The number of halogens is 1. The van der Waals surface area contributed by atoms with Crippen LogP contribution in [0.2, 0.25) is 0 Å². The first kappa shape index (κ1) is 20.1. The average molecular weight is 412 g/mol. The lowest BCUT2D eigenvalue weighted by Crippen LogP contribution is -2.49. The topological polar surface area (TPSA) is 66.0 Å². The molecular weight excluding hydrogens is 387 g/mol. The van der Waals surface area contributed by atoms with Gasteiger partial charge in [-0.15, -0.1) is 0 Å². The van der Waals surface area contributed by atoms with E-state index in [1.165, 1.54) is 17.0 Å². The zero-order valence-corrected chi connectivity index (χ0v) is 17.4. The van der Waals surface area contributed by atoms with Crippen molar-refractivity contribution < 1.29 is 18.7 Å². The molecule has 2 aliphatic rings. The Morgan fingerprint density at radius 3 is 2.50 bits per heavy atom. The van der Waals surface area contributed by atoms with Crippen LogP contribution < -0.4 is 9.80 Å². The molecular formula is C22H25FN4O3. The highest BCUT2D eigenvalue weighted by Gasteiger charge is 2.32. The van der Waals surface area contributed by atoms with Gasteiger partial charge in [-0.2, -0.15) is 0 Å². The van der Waals surface area contributed by atoms with Gasteiger partial charge in [0.2, 0.25) is 0 Å². The standard InChI is InChI=1S/C22H25FN4O3/c1-14-10-15(2)20(24-12-14)25-6-8-26(9-7-25)21(28)18-5-4-17(11-19(18)23)27-16(3)13-30-22(27)29/h4-5,10-12,16H,6-9,13H2,1-3H3/t16-/m1/s1. The van der Waals surface area contributed by atoms with Crippen molar-refractivity contribution in [2.75, 3.05) is 42.6 Å². The fraction of sp³-hybridized carbons (Fsp3) is 0.409. The number of cyclic esters (lactones) is 1. The molecule has 3 heterocycles. The van der Waals surface area contributed by atoms with E-state index in [4.69, 9.17) is 4.74 Å². The molecule has 7 nitrogen and oxygen atoms in total. The first-order chi connectivity index (χ1) is 14.3. The van der Waals surface area contributed by atoms with Crippen molar-refractivity contribution in [3.05, 3.63) is 53.0 Å². The van der Waals surface area contributed by atoms with Crippen molar-refractivity contribution in [1.82, 2.24) is 9.88 Å². The summed E-state index contributed by atoms with van der Waals surface area (Å²) < 4.78 is 19.7. The molecule has 8 heteroatoms. The van der Waals surface area contributed by atoms with E-state index in [1.807, 2.05) is 27.0 Å². The Morgan fingerprint density at radius 1 is 1.17 bits per heavy atom. The second-order valence-electron chi connectivity index (χ2n) is 7.89. The number of aryl methyl sites for hydroxylation is 2. The molecule has 0 bridgehead atoms. The molecule has 0 saturated carbocycles. The molecule has 2 aromatic rings. The van der Waals surface area contributed by atoms with E-state index < -0.39 is 11.9 Å². The Labute approximate surface area is 175 Å². The summed E-state index contributed by atoms with van der Waals surface area (Å²) in [5.41, 5.74) is 2.62. The Bertz CT molecular complexity index is 988. The summed E-state index contributed by atoms with van der Waals surface area (Å²) in [7, 11) is 0. The largest absolute Gasteiger partial charge is 0.447 e. The SMILES string of the molecule is Cc1cnc(N2CCN(C(=O)c3ccc(N4C(=O)OC[C@H]4C)cc3F)CC2)c(C)c1.